The van der Waals surface area contributed by atoms with Crippen LogP contribution in [-0.4, -0.2) is 21.0 Å². The fraction of sp³-hybridized carbons (Fsp3) is 0.316. The number of hydrogen-bond donors (Lipinski definition) is 1. The summed E-state index contributed by atoms with van der Waals surface area (Å²) < 4.78 is 32.7. The third-order valence-electron chi connectivity index (χ3n) is 5.19. The number of rotatable bonds is 5. The van der Waals surface area contributed by atoms with Crippen LogP contribution < -0.4 is 4.72 Å². The highest BCUT2D eigenvalue weighted by Crippen LogP contribution is 2.52. The number of fused-ring (bicyclic) bond motifs is 1. The van der Waals surface area contributed by atoms with Crippen molar-refractivity contribution in [3.05, 3.63) is 59.5 Å². The molecule has 1 aliphatic carbocycles. The lowest BCUT2D eigenvalue weighted by molar-refractivity contribution is -0.146. The zero-order valence-corrected chi connectivity index (χ0v) is 15.7. The summed E-state index contributed by atoms with van der Waals surface area (Å²) in [4.78, 5) is 12.4. The number of ether oxygens (including phenoxy) is 1. The number of benzene rings is 1. The lowest BCUT2D eigenvalue weighted by Crippen LogP contribution is -2.31. The molecular formula is C19H19NO4S2. The normalized spacial score (nSPS) is 25.2. The number of hydrogen-bond acceptors (Lipinski definition) is 5. The minimum Gasteiger partial charge on any atom is -0.465 e. The summed E-state index contributed by atoms with van der Waals surface area (Å²) in [5.74, 6) is 0.0585. The summed E-state index contributed by atoms with van der Waals surface area (Å²) in [6, 6.07) is 10.5. The van der Waals surface area contributed by atoms with E-state index in [1.807, 2.05) is 12.1 Å². The predicted octanol–water partition coefficient (Wildman–Crippen LogP) is 3.60. The van der Waals surface area contributed by atoms with Crippen molar-refractivity contribution in [3.8, 4) is 0 Å². The average Bonchev–Trinajstić information content (AvgIpc) is 3.28. The Balaban J connectivity index is 1.52. The van der Waals surface area contributed by atoms with Gasteiger partial charge in [0.25, 0.3) is 10.0 Å². The SMILES string of the molecule is C=C1CC2COC(=O)C2(Cc2ccc(NS(=O)(=O)c3cccs3)cc2)C1. The fourth-order valence-corrected chi connectivity index (χ4v) is 5.99. The smallest absolute Gasteiger partial charge is 0.313 e. The predicted molar refractivity (Wildman–Crippen MR) is 101 cm³/mol. The van der Waals surface area contributed by atoms with E-state index in [0.717, 1.165) is 17.6 Å². The van der Waals surface area contributed by atoms with E-state index < -0.39 is 15.4 Å². The van der Waals surface area contributed by atoms with Crippen molar-refractivity contribution < 1.29 is 17.9 Å². The van der Waals surface area contributed by atoms with E-state index in [1.54, 1.807) is 29.6 Å². The van der Waals surface area contributed by atoms with Gasteiger partial charge in [0.1, 0.15) is 4.21 Å². The van der Waals surface area contributed by atoms with Gasteiger partial charge in [0.05, 0.1) is 12.0 Å². The Kier molecular flexibility index (Phi) is 4.16. The summed E-state index contributed by atoms with van der Waals surface area (Å²) in [6.07, 6.45) is 2.10. The number of allylic oxidation sites excluding steroid dienone is 1. The van der Waals surface area contributed by atoms with Crippen LogP contribution in [0.4, 0.5) is 5.69 Å². The molecule has 1 saturated carbocycles. The molecule has 2 aliphatic rings. The number of cyclic esters (lactones) is 1. The second-order valence-corrected chi connectivity index (χ2v) is 9.85. The molecule has 0 spiro atoms. The second kappa shape index (κ2) is 6.25. The molecule has 1 N–H and O–H groups in total. The Morgan fingerprint density at radius 1 is 1.27 bits per heavy atom. The van der Waals surface area contributed by atoms with Crippen LogP contribution in [0.1, 0.15) is 18.4 Å². The highest BCUT2D eigenvalue weighted by molar-refractivity contribution is 7.94. The van der Waals surface area contributed by atoms with Crippen molar-refractivity contribution in [1.82, 2.24) is 0 Å². The minimum absolute atomic E-state index is 0.136. The van der Waals surface area contributed by atoms with Gasteiger partial charge in [-0.2, -0.15) is 0 Å². The number of anilines is 1. The number of esters is 1. The maximum atomic E-state index is 12.4. The zero-order valence-electron chi connectivity index (χ0n) is 14.1. The number of sulfonamides is 1. The van der Waals surface area contributed by atoms with Crippen LogP contribution in [-0.2, 0) is 26.0 Å². The molecule has 1 saturated heterocycles. The molecule has 1 aliphatic heterocycles. The van der Waals surface area contributed by atoms with Gasteiger partial charge in [-0.05, 0) is 48.4 Å². The molecule has 136 valence electrons. The quantitative estimate of drug-likeness (QED) is 0.626. The highest BCUT2D eigenvalue weighted by Gasteiger charge is 2.55. The third kappa shape index (κ3) is 2.95. The van der Waals surface area contributed by atoms with Gasteiger partial charge in [-0.25, -0.2) is 8.42 Å². The van der Waals surface area contributed by atoms with Gasteiger partial charge in [0, 0.05) is 11.6 Å². The van der Waals surface area contributed by atoms with Crippen LogP contribution in [0.15, 0.2) is 58.1 Å². The van der Waals surface area contributed by atoms with Gasteiger partial charge >= 0.3 is 5.97 Å². The summed E-state index contributed by atoms with van der Waals surface area (Å²) in [6.45, 7) is 4.52. The molecule has 2 fully saturated rings. The Morgan fingerprint density at radius 2 is 2.04 bits per heavy atom. The van der Waals surface area contributed by atoms with E-state index in [-0.39, 0.29) is 16.1 Å². The van der Waals surface area contributed by atoms with E-state index in [2.05, 4.69) is 11.3 Å². The Hall–Kier alpha value is -2.12. The summed E-state index contributed by atoms with van der Waals surface area (Å²) >= 11 is 1.17. The van der Waals surface area contributed by atoms with Gasteiger partial charge in [0.15, 0.2) is 0 Å². The van der Waals surface area contributed by atoms with Crippen molar-refractivity contribution in [2.45, 2.75) is 23.5 Å². The lowest BCUT2D eigenvalue weighted by Gasteiger charge is -2.24. The first-order chi connectivity index (χ1) is 12.4. The first-order valence-corrected chi connectivity index (χ1v) is 10.7. The van der Waals surface area contributed by atoms with Crippen LogP contribution in [0.25, 0.3) is 0 Å². The fourth-order valence-electron chi connectivity index (χ4n) is 3.94. The molecule has 1 aromatic heterocycles. The summed E-state index contributed by atoms with van der Waals surface area (Å²) in [5.41, 5.74) is 2.09. The number of carbonyl (C=O) groups excluding carboxylic acids is 1. The largest absolute Gasteiger partial charge is 0.465 e. The zero-order chi connectivity index (χ0) is 18.4. The molecule has 2 aromatic rings. The molecule has 7 heteroatoms. The summed E-state index contributed by atoms with van der Waals surface area (Å²) in [7, 11) is -3.55. The molecule has 0 amide bonds. The van der Waals surface area contributed by atoms with Crippen LogP contribution in [0, 0.1) is 11.3 Å². The third-order valence-corrected chi connectivity index (χ3v) is 7.97. The molecular weight excluding hydrogens is 370 g/mol. The van der Waals surface area contributed by atoms with Crippen molar-refractivity contribution in [3.63, 3.8) is 0 Å². The Labute approximate surface area is 156 Å². The van der Waals surface area contributed by atoms with E-state index in [9.17, 15) is 13.2 Å². The molecule has 1 aromatic carbocycles. The van der Waals surface area contributed by atoms with Gasteiger partial charge in [-0.3, -0.25) is 9.52 Å². The van der Waals surface area contributed by atoms with Crippen molar-refractivity contribution in [2.24, 2.45) is 11.3 Å². The van der Waals surface area contributed by atoms with Crippen LogP contribution in [0.2, 0.25) is 0 Å². The molecule has 2 heterocycles. The molecule has 2 atom stereocenters. The van der Waals surface area contributed by atoms with Crippen LogP contribution >= 0.6 is 11.3 Å². The van der Waals surface area contributed by atoms with Crippen molar-refractivity contribution >= 4 is 33.0 Å². The topological polar surface area (TPSA) is 72.5 Å². The van der Waals surface area contributed by atoms with Crippen LogP contribution in [0.5, 0.6) is 0 Å². The van der Waals surface area contributed by atoms with Crippen molar-refractivity contribution in [2.75, 3.05) is 11.3 Å². The van der Waals surface area contributed by atoms with Crippen molar-refractivity contribution in [1.29, 1.82) is 0 Å². The number of carbonyl (C=O) groups is 1. The maximum absolute atomic E-state index is 12.4. The lowest BCUT2D eigenvalue weighted by atomic mass is 9.75. The first kappa shape index (κ1) is 17.3. The van der Waals surface area contributed by atoms with E-state index in [1.165, 1.54) is 11.3 Å². The molecule has 26 heavy (non-hydrogen) atoms. The first-order valence-electron chi connectivity index (χ1n) is 8.38. The summed E-state index contributed by atoms with van der Waals surface area (Å²) in [5, 5.41) is 1.73. The van der Waals surface area contributed by atoms with Gasteiger partial charge < -0.3 is 4.74 Å². The van der Waals surface area contributed by atoms with Crippen LogP contribution in [0.3, 0.4) is 0 Å². The molecule has 4 rings (SSSR count). The minimum atomic E-state index is -3.55. The van der Waals surface area contributed by atoms with E-state index in [4.69, 9.17) is 4.74 Å². The molecule has 5 nitrogen and oxygen atoms in total. The van der Waals surface area contributed by atoms with Gasteiger partial charge in [-0.1, -0.05) is 30.4 Å². The molecule has 0 bridgehead atoms. The second-order valence-electron chi connectivity index (χ2n) is 6.99. The number of nitrogens with one attached hydrogen (secondary N) is 1. The standard InChI is InChI=1S/C19H19NO4S2/c1-13-9-15-12-24-18(21)19(15,10-13)11-14-4-6-16(7-5-14)20-26(22,23)17-3-2-8-25-17/h2-8,15,20H,1,9-12H2. The van der Waals surface area contributed by atoms with E-state index >= 15 is 0 Å². The highest BCUT2D eigenvalue weighted by atomic mass is 32.2. The molecule has 0 radical (unpaired) electrons. The Bertz CT molecular complexity index is 948. The molecule has 2 unspecified atom stereocenters. The maximum Gasteiger partial charge on any atom is 0.313 e. The van der Waals surface area contributed by atoms with Gasteiger partial charge in [0.2, 0.25) is 0 Å². The number of thiophene rings is 1. The monoisotopic (exact) mass is 389 g/mol. The van der Waals surface area contributed by atoms with Gasteiger partial charge in [-0.15, -0.1) is 11.3 Å². The average molecular weight is 389 g/mol. The van der Waals surface area contributed by atoms with E-state index in [0.29, 0.717) is 25.1 Å². The Morgan fingerprint density at radius 3 is 2.73 bits per heavy atom.